The molecule has 1 amide bonds. The molecule has 1 N–H and O–H groups in total. The van der Waals surface area contributed by atoms with Crippen molar-refractivity contribution in [2.24, 2.45) is 5.41 Å². The van der Waals surface area contributed by atoms with Gasteiger partial charge in [0, 0.05) is 30.5 Å². The van der Waals surface area contributed by atoms with Crippen LogP contribution in [0.2, 0.25) is 0 Å². The fourth-order valence-corrected chi connectivity index (χ4v) is 3.40. The van der Waals surface area contributed by atoms with E-state index in [-0.39, 0.29) is 11.3 Å². The molecule has 2 aliphatic heterocycles. The third-order valence-electron chi connectivity index (χ3n) is 4.62. The van der Waals surface area contributed by atoms with Crippen molar-refractivity contribution in [1.29, 1.82) is 0 Å². The van der Waals surface area contributed by atoms with Gasteiger partial charge < -0.3 is 9.64 Å². The third kappa shape index (κ3) is 1.73. The molecule has 2 aliphatic rings. The first-order chi connectivity index (χ1) is 9.77. The molecule has 5 heteroatoms. The number of rotatable bonds is 1. The Bertz CT molecular complexity index is 658. The van der Waals surface area contributed by atoms with E-state index in [9.17, 15) is 4.79 Å². The Morgan fingerprint density at radius 1 is 1.40 bits per heavy atom. The minimum absolute atomic E-state index is 0.101. The first-order valence-electron chi connectivity index (χ1n) is 7.07. The summed E-state index contributed by atoms with van der Waals surface area (Å²) in [5.41, 5.74) is 1.76. The number of likely N-dealkylation sites (tertiary alicyclic amines) is 1. The van der Waals surface area contributed by atoms with E-state index in [1.807, 2.05) is 23.1 Å². The van der Waals surface area contributed by atoms with Crippen molar-refractivity contribution in [2.45, 2.75) is 12.8 Å². The Morgan fingerprint density at radius 2 is 2.35 bits per heavy atom. The average molecular weight is 271 g/mol. The summed E-state index contributed by atoms with van der Waals surface area (Å²) < 4.78 is 5.52. The lowest BCUT2D eigenvalue weighted by Crippen LogP contribution is -2.32. The van der Waals surface area contributed by atoms with E-state index in [0.717, 1.165) is 55.6 Å². The van der Waals surface area contributed by atoms with E-state index < -0.39 is 0 Å². The number of fused-ring (bicyclic) bond motifs is 1. The molecule has 3 heterocycles. The van der Waals surface area contributed by atoms with Gasteiger partial charge in [0.25, 0.3) is 5.91 Å². The summed E-state index contributed by atoms with van der Waals surface area (Å²) in [5.74, 6) is 0.101. The highest BCUT2D eigenvalue weighted by atomic mass is 16.5. The molecule has 5 nitrogen and oxygen atoms in total. The Balaban J connectivity index is 1.63. The molecule has 2 saturated heterocycles. The highest BCUT2D eigenvalue weighted by molar-refractivity contribution is 6.05. The second-order valence-electron chi connectivity index (χ2n) is 5.92. The predicted molar refractivity (Wildman–Crippen MR) is 74.5 cm³/mol. The van der Waals surface area contributed by atoms with Crippen LogP contribution in [0.1, 0.15) is 23.2 Å². The lowest BCUT2D eigenvalue weighted by Gasteiger charge is -2.22. The van der Waals surface area contributed by atoms with E-state index in [2.05, 4.69) is 10.2 Å². The molecule has 2 fully saturated rings. The molecule has 1 unspecified atom stereocenters. The van der Waals surface area contributed by atoms with E-state index in [0.29, 0.717) is 0 Å². The summed E-state index contributed by atoms with van der Waals surface area (Å²) in [5, 5.41) is 7.94. The Kier molecular flexibility index (Phi) is 2.57. The largest absolute Gasteiger partial charge is 0.381 e. The molecule has 0 bridgehead atoms. The Morgan fingerprint density at radius 3 is 3.20 bits per heavy atom. The SMILES string of the molecule is O=C(c1cccc2cn[nH]c12)N1CCC2(CCOC2)C1. The molecule has 20 heavy (non-hydrogen) atoms. The first-order valence-corrected chi connectivity index (χ1v) is 7.07. The number of ether oxygens (including phenoxy) is 1. The molecule has 2 aromatic rings. The smallest absolute Gasteiger partial charge is 0.256 e. The van der Waals surface area contributed by atoms with Gasteiger partial charge in [0.05, 0.1) is 23.9 Å². The maximum Gasteiger partial charge on any atom is 0.256 e. The maximum atomic E-state index is 12.7. The zero-order chi connectivity index (χ0) is 13.6. The van der Waals surface area contributed by atoms with Crippen molar-refractivity contribution < 1.29 is 9.53 Å². The van der Waals surface area contributed by atoms with Gasteiger partial charge in [-0.2, -0.15) is 5.10 Å². The fourth-order valence-electron chi connectivity index (χ4n) is 3.40. The van der Waals surface area contributed by atoms with Crippen LogP contribution in [-0.2, 0) is 4.74 Å². The first kappa shape index (κ1) is 11.9. The van der Waals surface area contributed by atoms with Crippen LogP contribution in [0.4, 0.5) is 0 Å². The van der Waals surface area contributed by atoms with Gasteiger partial charge >= 0.3 is 0 Å². The number of carbonyl (C=O) groups is 1. The molecule has 1 aromatic heterocycles. The molecule has 4 rings (SSSR count). The van der Waals surface area contributed by atoms with E-state index in [1.54, 1.807) is 6.20 Å². The van der Waals surface area contributed by atoms with Crippen LogP contribution in [0.3, 0.4) is 0 Å². The van der Waals surface area contributed by atoms with E-state index in [4.69, 9.17) is 4.74 Å². The molecule has 1 atom stereocenters. The molecule has 1 aromatic carbocycles. The van der Waals surface area contributed by atoms with E-state index in [1.165, 1.54) is 0 Å². The van der Waals surface area contributed by atoms with Crippen molar-refractivity contribution in [3.63, 3.8) is 0 Å². The maximum absolute atomic E-state index is 12.7. The van der Waals surface area contributed by atoms with Gasteiger partial charge in [0.15, 0.2) is 0 Å². The number of amides is 1. The fraction of sp³-hybridized carbons (Fsp3) is 0.467. The number of aromatic amines is 1. The zero-order valence-electron chi connectivity index (χ0n) is 11.3. The van der Waals surface area contributed by atoms with Crippen LogP contribution in [0.25, 0.3) is 10.9 Å². The molecule has 0 saturated carbocycles. The average Bonchev–Trinajstić information content (AvgIpc) is 3.19. The van der Waals surface area contributed by atoms with Crippen molar-refractivity contribution in [2.75, 3.05) is 26.3 Å². The van der Waals surface area contributed by atoms with E-state index >= 15 is 0 Å². The second kappa shape index (κ2) is 4.31. The number of hydrogen-bond donors (Lipinski definition) is 1. The minimum atomic E-state index is 0.101. The number of carbonyl (C=O) groups excluding carboxylic acids is 1. The Hall–Kier alpha value is -1.88. The lowest BCUT2D eigenvalue weighted by atomic mass is 9.87. The molecule has 0 radical (unpaired) electrons. The number of H-pyrrole nitrogens is 1. The highest BCUT2D eigenvalue weighted by Crippen LogP contribution is 2.38. The number of para-hydroxylation sites is 1. The van der Waals surface area contributed by atoms with Gasteiger partial charge in [0.2, 0.25) is 0 Å². The van der Waals surface area contributed by atoms with Crippen LogP contribution in [0.15, 0.2) is 24.4 Å². The van der Waals surface area contributed by atoms with Crippen LogP contribution >= 0.6 is 0 Å². The summed E-state index contributed by atoms with van der Waals surface area (Å²) >= 11 is 0. The summed E-state index contributed by atoms with van der Waals surface area (Å²) in [6, 6.07) is 5.75. The summed E-state index contributed by atoms with van der Waals surface area (Å²) in [6.07, 6.45) is 3.88. The van der Waals surface area contributed by atoms with Gasteiger partial charge in [-0.1, -0.05) is 12.1 Å². The van der Waals surface area contributed by atoms with Crippen LogP contribution in [-0.4, -0.2) is 47.3 Å². The normalized spacial score (nSPS) is 25.9. The molecular weight excluding hydrogens is 254 g/mol. The van der Waals surface area contributed by atoms with Gasteiger partial charge in [-0.05, 0) is 18.9 Å². The molecule has 104 valence electrons. The second-order valence-corrected chi connectivity index (χ2v) is 5.92. The lowest BCUT2D eigenvalue weighted by molar-refractivity contribution is 0.0767. The van der Waals surface area contributed by atoms with Gasteiger partial charge in [-0.15, -0.1) is 0 Å². The van der Waals surface area contributed by atoms with Crippen molar-refractivity contribution in [1.82, 2.24) is 15.1 Å². The molecular formula is C15H17N3O2. The molecule has 1 spiro atoms. The highest BCUT2D eigenvalue weighted by Gasteiger charge is 2.43. The van der Waals surface area contributed by atoms with Gasteiger partial charge in [0.1, 0.15) is 0 Å². The summed E-state index contributed by atoms with van der Waals surface area (Å²) in [6.45, 7) is 3.27. The number of nitrogens with one attached hydrogen (secondary N) is 1. The number of hydrogen-bond acceptors (Lipinski definition) is 3. The standard InChI is InChI=1S/C15H17N3O2/c19-14(12-3-1-2-11-8-16-17-13(11)12)18-6-4-15(9-18)5-7-20-10-15/h1-3,8H,4-7,9-10H2,(H,16,17). The minimum Gasteiger partial charge on any atom is -0.381 e. The van der Waals surface area contributed by atoms with Crippen LogP contribution < -0.4 is 0 Å². The number of benzene rings is 1. The monoisotopic (exact) mass is 271 g/mol. The summed E-state index contributed by atoms with van der Waals surface area (Å²) in [7, 11) is 0. The topological polar surface area (TPSA) is 58.2 Å². The van der Waals surface area contributed by atoms with Crippen molar-refractivity contribution in [3.8, 4) is 0 Å². The third-order valence-corrected chi connectivity index (χ3v) is 4.62. The number of nitrogens with zero attached hydrogens (tertiary/aromatic N) is 2. The zero-order valence-corrected chi connectivity index (χ0v) is 11.3. The quantitative estimate of drug-likeness (QED) is 0.860. The van der Waals surface area contributed by atoms with Gasteiger partial charge in [-0.25, -0.2) is 0 Å². The Labute approximate surface area is 116 Å². The van der Waals surface area contributed by atoms with Gasteiger partial charge in [-0.3, -0.25) is 9.89 Å². The van der Waals surface area contributed by atoms with Crippen LogP contribution in [0.5, 0.6) is 0 Å². The number of aromatic nitrogens is 2. The summed E-state index contributed by atoms with van der Waals surface area (Å²) in [4.78, 5) is 14.7. The molecule has 0 aliphatic carbocycles. The van der Waals surface area contributed by atoms with Crippen molar-refractivity contribution in [3.05, 3.63) is 30.0 Å². The van der Waals surface area contributed by atoms with Crippen molar-refractivity contribution >= 4 is 16.8 Å². The van der Waals surface area contributed by atoms with Crippen LogP contribution in [0, 0.1) is 5.41 Å². The predicted octanol–water partition coefficient (Wildman–Crippen LogP) is 1.82.